The van der Waals surface area contributed by atoms with Crippen molar-refractivity contribution in [1.29, 1.82) is 0 Å². The van der Waals surface area contributed by atoms with Crippen LogP contribution in [0.4, 0.5) is 0 Å². The number of aromatic nitrogens is 1. The van der Waals surface area contributed by atoms with Crippen LogP contribution in [-0.2, 0) is 0 Å². The topological polar surface area (TPSA) is 38.9 Å². The Morgan fingerprint density at radius 1 is 1.62 bits per heavy atom. The van der Waals surface area contributed by atoms with Gasteiger partial charge in [-0.2, -0.15) is 0 Å². The average molecular weight is 199 g/mol. The summed E-state index contributed by atoms with van der Waals surface area (Å²) in [6.07, 6.45) is 4.97. The van der Waals surface area contributed by atoms with Crippen LogP contribution in [0.5, 0.6) is 0 Å². The Hall–Kier alpha value is -0.600. The first-order valence-corrected chi connectivity index (χ1v) is 4.99. The van der Waals surface area contributed by atoms with Crippen molar-refractivity contribution in [2.45, 2.75) is 32.2 Å². The molecule has 0 bridgehead atoms. The van der Waals surface area contributed by atoms with Crippen molar-refractivity contribution in [2.75, 3.05) is 0 Å². The van der Waals surface area contributed by atoms with E-state index in [9.17, 15) is 0 Å². The van der Waals surface area contributed by atoms with Gasteiger partial charge in [0.1, 0.15) is 0 Å². The lowest BCUT2D eigenvalue weighted by atomic mass is 10.1. The summed E-state index contributed by atoms with van der Waals surface area (Å²) in [6, 6.07) is 3.62. The summed E-state index contributed by atoms with van der Waals surface area (Å²) in [5, 5.41) is 0.706. The molecule has 1 aromatic rings. The van der Waals surface area contributed by atoms with Crippen LogP contribution < -0.4 is 5.73 Å². The lowest BCUT2D eigenvalue weighted by molar-refractivity contribution is 0.590. The molecule has 0 aliphatic rings. The predicted octanol–water partition coefficient (Wildman–Crippen LogP) is 2.93. The van der Waals surface area contributed by atoms with Gasteiger partial charge in [0.2, 0.25) is 0 Å². The van der Waals surface area contributed by atoms with E-state index in [1.165, 1.54) is 0 Å². The molecule has 1 unspecified atom stereocenters. The second-order valence-electron chi connectivity index (χ2n) is 3.15. The van der Waals surface area contributed by atoms with Crippen LogP contribution in [0.2, 0.25) is 5.02 Å². The fourth-order valence-corrected chi connectivity index (χ4v) is 1.36. The van der Waals surface area contributed by atoms with Crippen molar-refractivity contribution in [3.05, 3.63) is 29.0 Å². The number of hydrogen-bond acceptors (Lipinski definition) is 2. The van der Waals surface area contributed by atoms with Gasteiger partial charge in [0.05, 0.1) is 5.69 Å². The van der Waals surface area contributed by atoms with Crippen molar-refractivity contribution in [3.8, 4) is 0 Å². The Labute approximate surface area is 84.1 Å². The Bertz CT molecular complexity index is 263. The molecule has 0 amide bonds. The molecule has 1 aromatic heterocycles. The number of rotatable bonds is 4. The van der Waals surface area contributed by atoms with Crippen LogP contribution in [0.15, 0.2) is 18.3 Å². The molecular formula is C10H15ClN2. The number of nitrogens with two attached hydrogens (primary N) is 1. The predicted molar refractivity (Wildman–Crippen MR) is 55.7 cm³/mol. The highest BCUT2D eigenvalue weighted by Crippen LogP contribution is 2.17. The van der Waals surface area contributed by atoms with E-state index in [0.717, 1.165) is 25.0 Å². The van der Waals surface area contributed by atoms with Crippen molar-refractivity contribution in [3.63, 3.8) is 0 Å². The standard InChI is InChI=1S/C10H15ClN2/c1-2-3-4-9(12)10-7-8(11)5-6-13-10/h5-7,9H,2-4,12H2,1H3. The third-order valence-corrected chi connectivity index (χ3v) is 2.23. The first kappa shape index (κ1) is 10.5. The van der Waals surface area contributed by atoms with Gasteiger partial charge in [-0.3, -0.25) is 4.98 Å². The van der Waals surface area contributed by atoms with E-state index in [2.05, 4.69) is 11.9 Å². The molecule has 0 fully saturated rings. The number of pyridine rings is 1. The smallest absolute Gasteiger partial charge is 0.0585 e. The highest BCUT2D eigenvalue weighted by Gasteiger charge is 2.06. The second kappa shape index (κ2) is 5.20. The highest BCUT2D eigenvalue weighted by atomic mass is 35.5. The SMILES string of the molecule is CCCCC(N)c1cc(Cl)ccn1. The molecule has 0 aromatic carbocycles. The molecule has 1 rings (SSSR count). The van der Waals surface area contributed by atoms with Gasteiger partial charge in [-0.05, 0) is 18.6 Å². The molecule has 0 saturated heterocycles. The highest BCUT2D eigenvalue weighted by molar-refractivity contribution is 6.30. The second-order valence-corrected chi connectivity index (χ2v) is 3.58. The summed E-state index contributed by atoms with van der Waals surface area (Å²) in [7, 11) is 0. The van der Waals surface area contributed by atoms with Crippen LogP contribution in [-0.4, -0.2) is 4.98 Å². The van der Waals surface area contributed by atoms with Gasteiger partial charge < -0.3 is 5.73 Å². The molecule has 72 valence electrons. The lowest BCUT2D eigenvalue weighted by Gasteiger charge is -2.09. The van der Waals surface area contributed by atoms with E-state index in [4.69, 9.17) is 17.3 Å². The minimum atomic E-state index is 0.0265. The molecule has 13 heavy (non-hydrogen) atoms. The van der Waals surface area contributed by atoms with E-state index < -0.39 is 0 Å². The molecule has 0 saturated carbocycles. The quantitative estimate of drug-likeness (QED) is 0.808. The van der Waals surface area contributed by atoms with E-state index in [0.29, 0.717) is 5.02 Å². The average Bonchev–Trinajstić information content (AvgIpc) is 2.14. The Morgan fingerprint density at radius 2 is 2.38 bits per heavy atom. The number of unbranched alkanes of at least 4 members (excludes halogenated alkanes) is 1. The molecule has 2 N–H and O–H groups in total. The minimum absolute atomic E-state index is 0.0265. The molecule has 3 heteroatoms. The van der Waals surface area contributed by atoms with E-state index in [1.807, 2.05) is 6.07 Å². The fraction of sp³-hybridized carbons (Fsp3) is 0.500. The zero-order valence-corrected chi connectivity index (χ0v) is 8.59. The van der Waals surface area contributed by atoms with Gasteiger partial charge in [-0.1, -0.05) is 31.4 Å². The van der Waals surface area contributed by atoms with Crippen molar-refractivity contribution < 1.29 is 0 Å². The number of nitrogens with zero attached hydrogens (tertiary/aromatic N) is 1. The Kier molecular flexibility index (Phi) is 4.19. The molecule has 1 heterocycles. The van der Waals surface area contributed by atoms with Gasteiger partial charge in [-0.15, -0.1) is 0 Å². The maximum Gasteiger partial charge on any atom is 0.0585 e. The summed E-state index contributed by atoms with van der Waals surface area (Å²) in [4.78, 5) is 4.18. The van der Waals surface area contributed by atoms with Crippen molar-refractivity contribution in [2.24, 2.45) is 5.73 Å². The third-order valence-electron chi connectivity index (χ3n) is 1.99. The van der Waals surface area contributed by atoms with Gasteiger partial charge in [0.25, 0.3) is 0 Å². The van der Waals surface area contributed by atoms with E-state index >= 15 is 0 Å². The zero-order chi connectivity index (χ0) is 9.68. The molecule has 0 aliphatic carbocycles. The van der Waals surface area contributed by atoms with E-state index in [1.54, 1.807) is 12.3 Å². The molecule has 2 nitrogen and oxygen atoms in total. The monoisotopic (exact) mass is 198 g/mol. The maximum atomic E-state index is 5.93. The fourth-order valence-electron chi connectivity index (χ4n) is 1.20. The summed E-state index contributed by atoms with van der Waals surface area (Å²) >= 11 is 5.83. The molecule has 0 aliphatic heterocycles. The van der Waals surface area contributed by atoms with Gasteiger partial charge in [0.15, 0.2) is 0 Å². The maximum absolute atomic E-state index is 5.93. The molecular weight excluding hydrogens is 184 g/mol. The molecule has 1 atom stereocenters. The van der Waals surface area contributed by atoms with Crippen LogP contribution in [0.3, 0.4) is 0 Å². The molecule has 0 radical (unpaired) electrons. The van der Waals surface area contributed by atoms with Crippen LogP contribution in [0, 0.1) is 0 Å². The van der Waals surface area contributed by atoms with Gasteiger partial charge in [-0.25, -0.2) is 0 Å². The van der Waals surface area contributed by atoms with Gasteiger partial charge in [0, 0.05) is 17.3 Å². The lowest BCUT2D eigenvalue weighted by Crippen LogP contribution is -2.11. The summed E-state index contributed by atoms with van der Waals surface area (Å²) in [5.74, 6) is 0. The summed E-state index contributed by atoms with van der Waals surface area (Å²) in [6.45, 7) is 2.15. The first-order valence-electron chi connectivity index (χ1n) is 4.61. The van der Waals surface area contributed by atoms with Crippen molar-refractivity contribution in [1.82, 2.24) is 4.98 Å². The third kappa shape index (κ3) is 3.33. The molecule has 0 spiro atoms. The van der Waals surface area contributed by atoms with Crippen LogP contribution >= 0.6 is 11.6 Å². The largest absolute Gasteiger partial charge is 0.323 e. The number of halogens is 1. The summed E-state index contributed by atoms with van der Waals surface area (Å²) in [5.41, 5.74) is 6.82. The number of hydrogen-bond donors (Lipinski definition) is 1. The van der Waals surface area contributed by atoms with Crippen LogP contribution in [0.25, 0.3) is 0 Å². The Balaban J connectivity index is 2.60. The van der Waals surface area contributed by atoms with Crippen LogP contribution in [0.1, 0.15) is 37.9 Å². The summed E-state index contributed by atoms with van der Waals surface area (Å²) < 4.78 is 0. The van der Waals surface area contributed by atoms with Gasteiger partial charge >= 0.3 is 0 Å². The Morgan fingerprint density at radius 3 is 3.00 bits per heavy atom. The normalized spacial score (nSPS) is 12.8. The minimum Gasteiger partial charge on any atom is -0.323 e. The van der Waals surface area contributed by atoms with Crippen molar-refractivity contribution >= 4 is 11.6 Å². The zero-order valence-electron chi connectivity index (χ0n) is 7.83. The first-order chi connectivity index (χ1) is 6.24. The van der Waals surface area contributed by atoms with E-state index in [-0.39, 0.29) is 6.04 Å².